The molecule has 1 aliphatic carbocycles. The van der Waals surface area contributed by atoms with E-state index >= 15 is 0 Å². The number of rotatable bonds is 4. The second-order valence-electron chi connectivity index (χ2n) is 8.02. The van der Waals surface area contributed by atoms with Crippen LogP contribution in [0.4, 0.5) is 5.69 Å². The highest BCUT2D eigenvalue weighted by Gasteiger charge is 2.46. The van der Waals surface area contributed by atoms with Crippen LogP contribution < -0.4 is 10.1 Å². The minimum atomic E-state index is -0.556. The first kappa shape index (κ1) is 18.8. The van der Waals surface area contributed by atoms with Gasteiger partial charge < -0.3 is 19.8 Å². The number of anilines is 1. The lowest BCUT2D eigenvalue weighted by molar-refractivity contribution is -0.144. The molecule has 1 unspecified atom stereocenters. The Morgan fingerprint density at radius 2 is 1.96 bits per heavy atom. The summed E-state index contributed by atoms with van der Waals surface area (Å²) in [6.45, 7) is 1.29. The number of oxime groups is 1. The first-order chi connectivity index (χ1) is 13.6. The van der Waals surface area contributed by atoms with E-state index in [0.717, 1.165) is 50.8 Å². The molecule has 1 saturated carbocycles. The highest BCUT2D eigenvalue weighted by molar-refractivity contribution is 6.43. The summed E-state index contributed by atoms with van der Waals surface area (Å²) in [7, 11) is 1.60. The number of hydrogen-bond acceptors (Lipinski definition) is 5. The molecule has 0 aromatic heterocycles. The van der Waals surface area contributed by atoms with Crippen LogP contribution in [0.15, 0.2) is 29.4 Å². The fourth-order valence-corrected chi connectivity index (χ4v) is 4.46. The number of nitrogens with one attached hydrogen (secondary N) is 1. The molecule has 7 heteroatoms. The summed E-state index contributed by atoms with van der Waals surface area (Å²) in [5, 5.41) is 6.93. The monoisotopic (exact) mass is 385 g/mol. The van der Waals surface area contributed by atoms with Gasteiger partial charge in [0, 0.05) is 24.6 Å². The fraction of sp³-hybridized carbons (Fsp3) is 0.571. The largest absolute Gasteiger partial charge is 0.497 e. The predicted molar refractivity (Wildman–Crippen MR) is 105 cm³/mol. The number of piperidine rings is 1. The number of likely N-dealkylation sites (tertiary alicyclic amines) is 1. The zero-order valence-corrected chi connectivity index (χ0v) is 16.3. The minimum absolute atomic E-state index is 0.162. The lowest BCUT2D eigenvalue weighted by atomic mass is 9.87. The van der Waals surface area contributed by atoms with E-state index in [-0.39, 0.29) is 17.7 Å². The molecule has 1 N–H and O–H groups in total. The van der Waals surface area contributed by atoms with Crippen molar-refractivity contribution in [2.45, 2.75) is 50.5 Å². The molecule has 3 aliphatic rings. The van der Waals surface area contributed by atoms with Gasteiger partial charge in [-0.1, -0.05) is 18.0 Å². The SMILES string of the molecule is COc1ccc(NC(=O)C2=NOC3(CCCN(C(=O)C4CCCC4)C3)C2)cc1. The van der Waals surface area contributed by atoms with Gasteiger partial charge in [0.05, 0.1) is 13.7 Å². The standard InChI is InChI=1S/C21H27N3O4/c1-27-17-9-7-16(8-10-17)22-19(25)18-13-21(28-23-18)11-4-12-24(14-21)20(26)15-5-2-3-6-15/h7-10,15H,2-6,11-14H2,1H3,(H,22,25). The molecule has 7 nitrogen and oxygen atoms in total. The molecule has 1 atom stereocenters. The van der Waals surface area contributed by atoms with Gasteiger partial charge in [-0.2, -0.15) is 0 Å². The summed E-state index contributed by atoms with van der Waals surface area (Å²) in [5.41, 5.74) is 0.501. The number of methoxy groups -OCH3 is 1. The third kappa shape index (κ3) is 3.84. The number of ether oxygens (including phenoxy) is 1. The van der Waals surface area contributed by atoms with Gasteiger partial charge in [0.1, 0.15) is 11.5 Å². The third-order valence-electron chi connectivity index (χ3n) is 6.00. The Labute approximate surface area is 165 Å². The normalized spacial score (nSPS) is 24.8. The predicted octanol–water partition coefficient (Wildman–Crippen LogP) is 2.96. The van der Waals surface area contributed by atoms with Crippen LogP contribution in [-0.2, 0) is 14.4 Å². The number of carbonyl (C=O) groups excluding carboxylic acids is 2. The zero-order chi connectivity index (χ0) is 19.6. The maximum Gasteiger partial charge on any atom is 0.273 e. The van der Waals surface area contributed by atoms with Crippen molar-refractivity contribution in [3.8, 4) is 5.75 Å². The van der Waals surface area contributed by atoms with Crippen LogP contribution in [0, 0.1) is 5.92 Å². The van der Waals surface area contributed by atoms with Crippen molar-refractivity contribution in [3.63, 3.8) is 0 Å². The second-order valence-corrected chi connectivity index (χ2v) is 8.02. The van der Waals surface area contributed by atoms with E-state index in [2.05, 4.69) is 10.5 Å². The van der Waals surface area contributed by atoms with Gasteiger partial charge in [0.2, 0.25) is 5.91 Å². The Kier molecular flexibility index (Phi) is 5.24. The van der Waals surface area contributed by atoms with Gasteiger partial charge in [0.25, 0.3) is 5.91 Å². The van der Waals surface area contributed by atoms with Crippen molar-refractivity contribution in [2.75, 3.05) is 25.5 Å². The summed E-state index contributed by atoms with van der Waals surface area (Å²) in [6.07, 6.45) is 6.40. The third-order valence-corrected chi connectivity index (χ3v) is 6.00. The molecule has 1 saturated heterocycles. The van der Waals surface area contributed by atoms with Gasteiger partial charge in [-0.05, 0) is 49.9 Å². The van der Waals surface area contributed by atoms with E-state index in [1.165, 1.54) is 0 Å². The van der Waals surface area contributed by atoms with Crippen LogP contribution in [0.25, 0.3) is 0 Å². The average molecular weight is 385 g/mol. The highest BCUT2D eigenvalue weighted by Crippen LogP contribution is 2.36. The van der Waals surface area contributed by atoms with Crippen molar-refractivity contribution >= 4 is 23.2 Å². The van der Waals surface area contributed by atoms with Crippen LogP contribution in [0.1, 0.15) is 44.9 Å². The molecule has 28 heavy (non-hydrogen) atoms. The molecule has 4 rings (SSSR count). The minimum Gasteiger partial charge on any atom is -0.497 e. The zero-order valence-electron chi connectivity index (χ0n) is 16.3. The van der Waals surface area contributed by atoms with Crippen LogP contribution in [0.3, 0.4) is 0 Å². The molecular formula is C21H27N3O4. The number of benzene rings is 1. The molecule has 1 aromatic rings. The average Bonchev–Trinajstić information content (AvgIpc) is 3.39. The van der Waals surface area contributed by atoms with Gasteiger partial charge >= 0.3 is 0 Å². The lowest BCUT2D eigenvalue weighted by Gasteiger charge is -2.39. The van der Waals surface area contributed by atoms with E-state index < -0.39 is 5.60 Å². The first-order valence-corrected chi connectivity index (χ1v) is 10.1. The van der Waals surface area contributed by atoms with E-state index in [1.54, 1.807) is 31.4 Å². The van der Waals surface area contributed by atoms with Crippen molar-refractivity contribution < 1.29 is 19.2 Å². The highest BCUT2D eigenvalue weighted by atomic mass is 16.7. The Morgan fingerprint density at radius 1 is 1.21 bits per heavy atom. The van der Waals surface area contributed by atoms with Crippen molar-refractivity contribution in [2.24, 2.45) is 11.1 Å². The Morgan fingerprint density at radius 3 is 2.68 bits per heavy atom. The van der Waals surface area contributed by atoms with Gasteiger partial charge in [-0.25, -0.2) is 0 Å². The van der Waals surface area contributed by atoms with Crippen LogP contribution in [0.2, 0.25) is 0 Å². The Balaban J connectivity index is 1.36. The van der Waals surface area contributed by atoms with E-state index in [1.807, 2.05) is 4.90 Å². The summed E-state index contributed by atoms with van der Waals surface area (Å²) in [4.78, 5) is 33.1. The van der Waals surface area contributed by atoms with Crippen molar-refractivity contribution in [1.29, 1.82) is 0 Å². The molecule has 0 radical (unpaired) electrons. The Hall–Kier alpha value is -2.57. The molecule has 2 heterocycles. The smallest absolute Gasteiger partial charge is 0.273 e. The molecule has 2 amide bonds. The van der Waals surface area contributed by atoms with Crippen LogP contribution in [-0.4, -0.2) is 48.2 Å². The quantitative estimate of drug-likeness (QED) is 0.864. The first-order valence-electron chi connectivity index (χ1n) is 10.1. The van der Waals surface area contributed by atoms with Crippen molar-refractivity contribution in [3.05, 3.63) is 24.3 Å². The number of hydrogen-bond donors (Lipinski definition) is 1. The molecule has 150 valence electrons. The lowest BCUT2D eigenvalue weighted by Crippen LogP contribution is -2.52. The molecule has 1 spiro atoms. The number of carbonyl (C=O) groups is 2. The summed E-state index contributed by atoms with van der Waals surface area (Å²) >= 11 is 0. The van der Waals surface area contributed by atoms with Crippen molar-refractivity contribution in [1.82, 2.24) is 4.90 Å². The summed E-state index contributed by atoms with van der Waals surface area (Å²) < 4.78 is 5.13. The summed E-state index contributed by atoms with van der Waals surface area (Å²) in [5.74, 6) is 0.876. The summed E-state index contributed by atoms with van der Waals surface area (Å²) in [6, 6.07) is 7.15. The van der Waals surface area contributed by atoms with E-state index in [4.69, 9.17) is 9.57 Å². The maximum absolute atomic E-state index is 12.8. The Bertz CT molecular complexity index is 770. The second kappa shape index (κ2) is 7.81. The number of nitrogens with zero attached hydrogens (tertiary/aromatic N) is 2. The van der Waals surface area contributed by atoms with Crippen LogP contribution in [0.5, 0.6) is 5.75 Å². The number of amides is 2. The van der Waals surface area contributed by atoms with Crippen LogP contribution >= 0.6 is 0 Å². The van der Waals surface area contributed by atoms with Gasteiger partial charge in [-0.15, -0.1) is 0 Å². The molecule has 0 bridgehead atoms. The van der Waals surface area contributed by atoms with Gasteiger partial charge in [0.15, 0.2) is 5.60 Å². The topological polar surface area (TPSA) is 80.2 Å². The molecular weight excluding hydrogens is 358 g/mol. The van der Waals surface area contributed by atoms with E-state index in [9.17, 15) is 9.59 Å². The van der Waals surface area contributed by atoms with Gasteiger partial charge in [-0.3, -0.25) is 9.59 Å². The molecule has 2 fully saturated rings. The maximum atomic E-state index is 12.8. The molecule has 2 aliphatic heterocycles. The molecule has 1 aromatic carbocycles. The fourth-order valence-electron chi connectivity index (χ4n) is 4.46. The van der Waals surface area contributed by atoms with E-state index in [0.29, 0.717) is 24.4 Å².